The van der Waals surface area contributed by atoms with Gasteiger partial charge in [0.15, 0.2) is 0 Å². The molecule has 0 aromatic rings. The third kappa shape index (κ3) is 11.6. The van der Waals surface area contributed by atoms with E-state index in [9.17, 15) is 4.57 Å². The molecule has 4 heavy (non-hydrogen) atoms. The minimum absolute atomic E-state index is 1.25. The zero-order chi connectivity index (χ0) is 3.58. The molecule has 4 heteroatoms. The number of hydrogen-bond donors (Lipinski definition) is 0. The molecule has 0 bridgehead atoms. The smallest absolute Gasteiger partial charge is 0.0466 e. The molecule has 0 fully saturated rings. The van der Waals surface area contributed by atoms with Crippen molar-refractivity contribution < 1.29 is 4.57 Å². The van der Waals surface area contributed by atoms with Gasteiger partial charge in [-0.25, -0.2) is 0 Å². The molecule has 0 N–H and O–H groups in total. The van der Waals surface area contributed by atoms with Gasteiger partial charge >= 0.3 is 5.21 Å². The fourth-order valence-corrected chi connectivity index (χ4v) is 0. The summed E-state index contributed by atoms with van der Waals surface area (Å²) in [4.78, 5) is 0. The molecule has 0 atom stereocenters. The van der Waals surface area contributed by atoms with Crippen LogP contribution < -0.4 is 0 Å². The summed E-state index contributed by atoms with van der Waals surface area (Å²) in [6, 6.07) is 0. The lowest BCUT2D eigenvalue weighted by atomic mass is 16.0. The summed E-state index contributed by atoms with van der Waals surface area (Å²) < 4.78 is 9.43. The van der Waals surface area contributed by atoms with Gasteiger partial charge in [-0.15, -0.1) is 0 Å². The summed E-state index contributed by atoms with van der Waals surface area (Å²) in [5.41, 5.74) is 0. The maximum absolute atomic E-state index is 9.43. The van der Waals surface area contributed by atoms with Crippen molar-refractivity contribution in [2.24, 2.45) is 0 Å². The molecule has 0 aliphatic carbocycles. The zero-order valence-electron chi connectivity index (χ0n) is 1.61. The van der Waals surface area contributed by atoms with Gasteiger partial charge in [-0.1, -0.05) is 0 Å². The minimum Gasteiger partial charge on any atom is -0.0466 e. The molecule has 0 aliphatic rings. The van der Waals surface area contributed by atoms with Crippen LogP contribution in [-0.4, -0.2) is 0 Å². The Morgan fingerprint density at radius 3 is 1.50 bits per heavy atom. The molecule has 0 spiro atoms. The van der Waals surface area contributed by atoms with E-state index in [1.54, 1.807) is 0 Å². The summed E-state index contributed by atoms with van der Waals surface area (Å²) in [6.45, 7) is 0. The fraction of sp³-hybridized carbons (Fsp3) is 0. The Morgan fingerprint density at radius 2 is 1.50 bits per heavy atom. The van der Waals surface area contributed by atoms with E-state index >= 15 is 0 Å². The van der Waals surface area contributed by atoms with Crippen LogP contribution in [-0.2, 0) is 4.57 Å². The molecule has 0 rings (SSSR count). The topological polar surface area (TPSA) is 17.1 Å². The van der Waals surface area contributed by atoms with Crippen LogP contribution in [0.1, 0.15) is 0 Å². The largest absolute Gasteiger partial charge is 0.495 e. The summed E-state index contributed by atoms with van der Waals surface area (Å²) in [7, 11) is 0. The van der Waals surface area contributed by atoms with Crippen molar-refractivity contribution in [1.82, 2.24) is 0 Å². The van der Waals surface area contributed by atoms with E-state index in [2.05, 4.69) is 31.0 Å². The van der Waals surface area contributed by atoms with Gasteiger partial charge in [-0.2, -0.15) is 0 Å². The monoisotopic (exact) mass is 205 g/mol. The normalized spacial score (nSPS) is 6.50. The Labute approximate surface area is 41.0 Å². The van der Waals surface area contributed by atoms with Crippen molar-refractivity contribution in [1.29, 1.82) is 0 Å². The Bertz CT molecular complexity index is 29.0. The molecule has 24 valence electrons. The number of rotatable bonds is 0. The van der Waals surface area contributed by atoms with Crippen molar-refractivity contribution in [3.8, 4) is 0 Å². The molecule has 0 aliphatic heterocycles. The van der Waals surface area contributed by atoms with E-state index in [1.807, 2.05) is 0 Å². The van der Waals surface area contributed by atoms with Crippen LogP contribution >= 0.6 is 36.2 Å². The van der Waals surface area contributed by atoms with Crippen molar-refractivity contribution >= 4 is 36.2 Å². The first-order chi connectivity index (χ1) is 1.73. The third-order valence-electron chi connectivity index (χ3n) is 0. The van der Waals surface area contributed by atoms with Gasteiger partial charge in [0.25, 0.3) is 31.0 Å². The van der Waals surface area contributed by atoms with Crippen molar-refractivity contribution in [2.75, 3.05) is 0 Å². The van der Waals surface area contributed by atoms with Crippen LogP contribution in [0.3, 0.4) is 0 Å². The van der Waals surface area contributed by atoms with Crippen molar-refractivity contribution in [2.45, 2.75) is 0 Å². The van der Waals surface area contributed by atoms with E-state index < -0.39 is 5.21 Å². The zero-order valence-corrected chi connectivity index (χ0v) is 5.68. The average Bonchev–Trinajstić information content (AvgIpc) is 0.811. The molecule has 0 heterocycles. The molecule has 0 aromatic carbocycles. The Morgan fingerprint density at radius 1 is 1.50 bits per heavy atom. The van der Waals surface area contributed by atoms with Gasteiger partial charge in [0.1, 0.15) is 0 Å². The number of halogens is 2. The van der Waals surface area contributed by atoms with Gasteiger partial charge in [-0.05, 0) is 4.57 Å². The Kier molecular flexibility index (Phi) is 2.92. The van der Waals surface area contributed by atoms with E-state index in [0.717, 1.165) is 0 Å². The maximum atomic E-state index is 9.43. The minimum atomic E-state index is -1.25. The molecule has 0 unspecified atom stereocenters. The first-order valence-electron chi connectivity index (χ1n) is 0.521. The molecule has 0 radical (unpaired) electrons. The SMILES string of the molecule is O=[P+](Br)Br. The lowest BCUT2D eigenvalue weighted by Gasteiger charge is -1.24. The summed E-state index contributed by atoms with van der Waals surface area (Å²) in [5.74, 6) is 0. The Balaban J connectivity index is 2.80. The van der Waals surface area contributed by atoms with E-state index in [4.69, 9.17) is 0 Å². The first kappa shape index (κ1) is 5.06. The van der Waals surface area contributed by atoms with Crippen LogP contribution in [0.25, 0.3) is 0 Å². The van der Waals surface area contributed by atoms with Gasteiger partial charge < -0.3 is 0 Å². The first-order valence-corrected chi connectivity index (χ1v) is 5.82. The van der Waals surface area contributed by atoms with Crippen molar-refractivity contribution in [3.05, 3.63) is 0 Å². The highest BCUT2D eigenvalue weighted by Crippen LogP contribution is 2.37. The van der Waals surface area contributed by atoms with Gasteiger partial charge in [-0.3, -0.25) is 0 Å². The second-order valence-corrected chi connectivity index (χ2v) is 7.33. The second-order valence-electron chi connectivity index (χ2n) is 0.202. The predicted molar refractivity (Wildman–Crippen MR) is 25.5 cm³/mol. The molecule has 0 saturated carbocycles. The van der Waals surface area contributed by atoms with Crippen LogP contribution in [0, 0.1) is 0 Å². The lowest BCUT2D eigenvalue weighted by Crippen LogP contribution is -0.909. The second kappa shape index (κ2) is 2.31. The summed E-state index contributed by atoms with van der Waals surface area (Å²) in [6.07, 6.45) is 0. The Hall–Kier alpha value is 1.06. The molecule has 0 aromatic heterocycles. The van der Waals surface area contributed by atoms with Crippen LogP contribution in [0.5, 0.6) is 0 Å². The van der Waals surface area contributed by atoms with Crippen molar-refractivity contribution in [3.63, 3.8) is 0 Å². The molecule has 0 saturated heterocycles. The van der Waals surface area contributed by atoms with Gasteiger partial charge in [0.05, 0.1) is 0 Å². The molecular weight excluding hydrogens is 207 g/mol. The highest BCUT2D eigenvalue weighted by Gasteiger charge is 1.95. The number of hydrogen-bond acceptors (Lipinski definition) is 1. The average molecular weight is 207 g/mol. The standard InChI is InChI=1S/Br2OP/c1-4(2)3/q+1. The molecule has 1 nitrogen and oxygen atoms in total. The maximum Gasteiger partial charge on any atom is 0.495 e. The summed E-state index contributed by atoms with van der Waals surface area (Å²) in [5, 5.41) is -1.25. The van der Waals surface area contributed by atoms with E-state index in [-0.39, 0.29) is 0 Å². The quantitative estimate of drug-likeness (QED) is 0.557. The molecular formula is Br2OP+. The summed E-state index contributed by atoms with van der Waals surface area (Å²) >= 11 is 5.39. The van der Waals surface area contributed by atoms with Crippen LogP contribution in [0.15, 0.2) is 0 Å². The van der Waals surface area contributed by atoms with Gasteiger partial charge in [0, 0.05) is 0 Å². The molecule has 0 amide bonds. The van der Waals surface area contributed by atoms with Crippen LogP contribution in [0.4, 0.5) is 0 Å². The van der Waals surface area contributed by atoms with E-state index in [1.165, 1.54) is 0 Å². The van der Waals surface area contributed by atoms with Gasteiger partial charge in [0.2, 0.25) is 0 Å². The highest BCUT2D eigenvalue weighted by atomic mass is 79.9. The van der Waals surface area contributed by atoms with E-state index in [0.29, 0.717) is 0 Å². The van der Waals surface area contributed by atoms with Crippen LogP contribution in [0.2, 0.25) is 0 Å². The fourth-order valence-electron chi connectivity index (χ4n) is 0. The predicted octanol–water partition coefficient (Wildman–Crippen LogP) is 2.43. The third-order valence-corrected chi connectivity index (χ3v) is 0. The highest BCUT2D eigenvalue weighted by molar-refractivity contribution is 9.67. The lowest BCUT2D eigenvalue weighted by molar-refractivity contribution is 0.604.